The Labute approximate surface area is 209 Å². The van der Waals surface area contributed by atoms with Crippen LogP contribution in [0.2, 0.25) is 10.0 Å². The summed E-state index contributed by atoms with van der Waals surface area (Å²) in [7, 11) is 0. The highest BCUT2D eigenvalue weighted by Gasteiger charge is 2.28. The van der Waals surface area contributed by atoms with Crippen LogP contribution >= 0.6 is 23.2 Å². The number of ether oxygens (including phenoxy) is 1. The number of hydrogen-bond donors (Lipinski definition) is 1. The van der Waals surface area contributed by atoms with E-state index in [-0.39, 0.29) is 16.4 Å². The summed E-state index contributed by atoms with van der Waals surface area (Å²) < 4.78 is 21.9. The Bertz CT molecular complexity index is 1170. The van der Waals surface area contributed by atoms with Crippen LogP contribution < -0.4 is 10.5 Å². The number of likely N-dealkylation sites (tertiary alicyclic amines) is 1. The van der Waals surface area contributed by atoms with E-state index in [0.29, 0.717) is 33.6 Å². The molecule has 0 bridgehead atoms. The van der Waals surface area contributed by atoms with Crippen LogP contribution in [0.3, 0.4) is 0 Å². The molecule has 0 spiro atoms. The van der Waals surface area contributed by atoms with Gasteiger partial charge in [0.2, 0.25) is 0 Å². The predicted molar refractivity (Wildman–Crippen MR) is 133 cm³/mol. The molecule has 3 aromatic rings. The van der Waals surface area contributed by atoms with Crippen molar-refractivity contribution in [3.8, 4) is 17.0 Å². The molecule has 34 heavy (non-hydrogen) atoms. The maximum absolute atomic E-state index is 14.0. The van der Waals surface area contributed by atoms with Gasteiger partial charge in [-0.15, -0.1) is 5.10 Å². The zero-order valence-corrected chi connectivity index (χ0v) is 21.2. The zero-order chi connectivity index (χ0) is 24.6. The molecule has 0 aliphatic carbocycles. The third-order valence-electron chi connectivity index (χ3n) is 6.26. The molecule has 4 rings (SSSR count). The Morgan fingerprint density at radius 2 is 1.91 bits per heavy atom. The smallest absolute Gasteiger partial charge is 0.166 e. The van der Waals surface area contributed by atoms with E-state index in [4.69, 9.17) is 33.7 Å². The van der Waals surface area contributed by atoms with E-state index in [9.17, 15) is 4.39 Å². The third kappa shape index (κ3) is 5.14. The first-order chi connectivity index (χ1) is 16.0. The lowest BCUT2D eigenvalue weighted by atomic mass is 9.98. The number of rotatable bonds is 5. The normalized spacial score (nSPS) is 16.6. The summed E-state index contributed by atoms with van der Waals surface area (Å²) in [6.07, 6.45) is 4.94. The second kappa shape index (κ2) is 9.68. The number of nitrogens with zero attached hydrogens (tertiary/aromatic N) is 5. The van der Waals surface area contributed by atoms with Gasteiger partial charge in [-0.2, -0.15) is 0 Å². The highest BCUT2D eigenvalue weighted by Crippen LogP contribution is 2.37. The summed E-state index contributed by atoms with van der Waals surface area (Å²) >= 11 is 12.4. The SMILES string of the molecule is CC(Oc1cc(-c2cn(C3CCN(C(C)(C)C)CC3)nn2)cnc1N)c1c(Cl)ccc(F)c1Cl. The molecule has 1 unspecified atom stereocenters. The van der Waals surface area contributed by atoms with Crippen LogP contribution in [0.4, 0.5) is 10.2 Å². The van der Waals surface area contributed by atoms with E-state index in [1.165, 1.54) is 12.1 Å². The summed E-state index contributed by atoms with van der Waals surface area (Å²) in [6, 6.07) is 4.71. The quantitative estimate of drug-likeness (QED) is 0.431. The Balaban J connectivity index is 1.51. The van der Waals surface area contributed by atoms with Crippen LogP contribution in [-0.4, -0.2) is 43.5 Å². The fourth-order valence-corrected chi connectivity index (χ4v) is 4.92. The minimum atomic E-state index is -0.654. The first-order valence-corrected chi connectivity index (χ1v) is 12.0. The van der Waals surface area contributed by atoms with E-state index in [0.717, 1.165) is 25.9 Å². The van der Waals surface area contributed by atoms with Gasteiger partial charge in [-0.1, -0.05) is 28.4 Å². The molecular weight excluding hydrogens is 478 g/mol. The Morgan fingerprint density at radius 1 is 1.21 bits per heavy atom. The number of nitrogen functional groups attached to an aromatic ring is 1. The lowest BCUT2D eigenvalue weighted by molar-refractivity contribution is 0.0866. The maximum atomic E-state index is 14.0. The molecule has 2 N–H and O–H groups in total. The molecule has 2 aromatic heterocycles. The minimum Gasteiger partial charge on any atom is -0.482 e. The van der Waals surface area contributed by atoms with E-state index >= 15 is 0 Å². The second-order valence-electron chi connectivity index (χ2n) is 9.60. The molecule has 1 atom stereocenters. The summed E-state index contributed by atoms with van der Waals surface area (Å²) in [4.78, 5) is 6.75. The second-order valence-corrected chi connectivity index (χ2v) is 10.4. The topological polar surface area (TPSA) is 82.1 Å². The Kier molecular flexibility index (Phi) is 7.03. The minimum absolute atomic E-state index is 0.0804. The molecule has 0 amide bonds. The van der Waals surface area contributed by atoms with Crippen molar-refractivity contribution in [2.24, 2.45) is 0 Å². The van der Waals surface area contributed by atoms with Crippen molar-refractivity contribution in [3.05, 3.63) is 52.0 Å². The fourth-order valence-electron chi connectivity index (χ4n) is 4.24. The molecule has 1 aliphatic rings. The van der Waals surface area contributed by atoms with Gasteiger partial charge in [0.15, 0.2) is 11.6 Å². The van der Waals surface area contributed by atoms with Gasteiger partial charge in [-0.25, -0.2) is 14.1 Å². The highest BCUT2D eigenvalue weighted by molar-refractivity contribution is 6.36. The summed E-state index contributed by atoms with van der Waals surface area (Å²) in [5.74, 6) is -0.0445. The van der Waals surface area contributed by atoms with Crippen LogP contribution in [0.15, 0.2) is 30.6 Å². The van der Waals surface area contributed by atoms with Crippen molar-refractivity contribution < 1.29 is 9.13 Å². The first-order valence-electron chi connectivity index (χ1n) is 11.3. The summed E-state index contributed by atoms with van der Waals surface area (Å²) in [5, 5.41) is 8.94. The first kappa shape index (κ1) is 24.7. The largest absolute Gasteiger partial charge is 0.482 e. The van der Waals surface area contributed by atoms with Gasteiger partial charge >= 0.3 is 0 Å². The third-order valence-corrected chi connectivity index (χ3v) is 6.98. The van der Waals surface area contributed by atoms with Gasteiger partial charge in [0, 0.05) is 41.0 Å². The molecule has 0 radical (unpaired) electrons. The van der Waals surface area contributed by atoms with Crippen LogP contribution in [0.25, 0.3) is 11.3 Å². The Hall–Kier alpha value is -2.42. The summed E-state index contributed by atoms with van der Waals surface area (Å²) in [6.45, 7) is 10.5. The number of nitrogens with two attached hydrogens (primary N) is 1. The molecule has 182 valence electrons. The standard InChI is InChI=1S/C24H29Cl2FN6O/c1-14(21-17(25)5-6-18(27)22(21)26)34-20-11-15(12-29-23(20)28)19-13-33(31-30-19)16-7-9-32(10-8-16)24(2,3)4/h5-6,11-14,16H,7-10H2,1-4H3,(H2,28,29). The molecule has 1 saturated heterocycles. The molecule has 7 nitrogen and oxygen atoms in total. The number of halogens is 3. The summed E-state index contributed by atoms with van der Waals surface area (Å²) in [5.41, 5.74) is 7.95. The average molecular weight is 507 g/mol. The molecule has 0 saturated carbocycles. The van der Waals surface area contributed by atoms with E-state index in [1.54, 1.807) is 19.2 Å². The molecule has 10 heteroatoms. The van der Waals surface area contributed by atoms with Crippen LogP contribution in [0, 0.1) is 5.82 Å². The number of hydrogen-bond acceptors (Lipinski definition) is 6. The molecule has 3 heterocycles. The number of benzene rings is 1. The monoisotopic (exact) mass is 506 g/mol. The lowest BCUT2D eigenvalue weighted by Gasteiger charge is -2.40. The van der Waals surface area contributed by atoms with E-state index < -0.39 is 11.9 Å². The maximum Gasteiger partial charge on any atom is 0.166 e. The molecule has 1 aliphatic heterocycles. The molecular formula is C24H29Cl2FN6O. The number of pyridine rings is 1. The van der Waals surface area contributed by atoms with Gasteiger partial charge in [0.1, 0.15) is 17.6 Å². The van der Waals surface area contributed by atoms with E-state index in [2.05, 4.69) is 41.0 Å². The van der Waals surface area contributed by atoms with Crippen molar-refractivity contribution in [1.29, 1.82) is 0 Å². The van der Waals surface area contributed by atoms with Gasteiger partial charge in [-0.05, 0) is 58.7 Å². The molecule has 1 fully saturated rings. The zero-order valence-electron chi connectivity index (χ0n) is 19.7. The van der Waals surface area contributed by atoms with Gasteiger partial charge in [0.05, 0.1) is 17.3 Å². The van der Waals surface area contributed by atoms with Crippen molar-refractivity contribution in [1.82, 2.24) is 24.9 Å². The van der Waals surface area contributed by atoms with Crippen molar-refractivity contribution >= 4 is 29.0 Å². The van der Waals surface area contributed by atoms with Crippen molar-refractivity contribution in [2.75, 3.05) is 18.8 Å². The fraction of sp³-hybridized carbons (Fsp3) is 0.458. The van der Waals surface area contributed by atoms with Crippen molar-refractivity contribution in [2.45, 2.75) is 58.2 Å². The van der Waals surface area contributed by atoms with Gasteiger partial charge in [-0.3, -0.25) is 4.90 Å². The van der Waals surface area contributed by atoms with Crippen LogP contribution in [-0.2, 0) is 0 Å². The number of aromatic nitrogens is 4. The number of piperidine rings is 1. The van der Waals surface area contributed by atoms with Crippen molar-refractivity contribution in [3.63, 3.8) is 0 Å². The average Bonchev–Trinajstić information content (AvgIpc) is 3.28. The van der Waals surface area contributed by atoms with Gasteiger partial charge < -0.3 is 10.5 Å². The predicted octanol–water partition coefficient (Wildman–Crippen LogP) is 5.94. The number of anilines is 1. The lowest BCUT2D eigenvalue weighted by Crippen LogP contribution is -2.46. The van der Waals surface area contributed by atoms with Gasteiger partial charge in [0.25, 0.3) is 0 Å². The highest BCUT2D eigenvalue weighted by atomic mass is 35.5. The Morgan fingerprint density at radius 3 is 2.59 bits per heavy atom. The van der Waals surface area contributed by atoms with Crippen LogP contribution in [0.1, 0.15) is 58.2 Å². The molecule has 1 aromatic carbocycles. The van der Waals surface area contributed by atoms with Crippen LogP contribution in [0.5, 0.6) is 5.75 Å². The van der Waals surface area contributed by atoms with E-state index in [1.807, 2.05) is 10.9 Å².